The van der Waals surface area contributed by atoms with Gasteiger partial charge in [0, 0.05) is 29.0 Å². The molecule has 0 amide bonds. The first-order valence-electron chi connectivity index (χ1n) is 6.97. The van der Waals surface area contributed by atoms with Gasteiger partial charge in [-0.3, -0.25) is 0 Å². The highest BCUT2D eigenvalue weighted by atomic mass is 79.9. The molecule has 1 aromatic rings. The molecule has 19 heavy (non-hydrogen) atoms. The first-order valence-corrected chi connectivity index (χ1v) is 7.76. The third kappa shape index (κ3) is 3.12. The summed E-state index contributed by atoms with van der Waals surface area (Å²) in [4.78, 5) is 0. The standard InChI is InChI=1S/C15H20BrNO2/c1-11-8-12(16)10-14(9-11)17-13-2-4-15(5-3-13)18-6-7-19-15/h8-10,13,17H,2-7H2,1H3. The predicted octanol–water partition coefficient (Wildman–Crippen LogP) is 3.86. The Morgan fingerprint density at radius 2 is 1.84 bits per heavy atom. The van der Waals surface area contributed by atoms with Crippen LogP contribution in [0, 0.1) is 6.92 Å². The van der Waals surface area contributed by atoms with E-state index in [4.69, 9.17) is 9.47 Å². The highest BCUT2D eigenvalue weighted by Crippen LogP contribution is 2.36. The van der Waals surface area contributed by atoms with Crippen molar-refractivity contribution in [3.05, 3.63) is 28.2 Å². The van der Waals surface area contributed by atoms with E-state index in [0.29, 0.717) is 6.04 Å². The molecule has 1 saturated carbocycles. The molecular weight excluding hydrogens is 306 g/mol. The van der Waals surface area contributed by atoms with E-state index in [9.17, 15) is 0 Å². The van der Waals surface area contributed by atoms with Crippen molar-refractivity contribution < 1.29 is 9.47 Å². The molecule has 0 bridgehead atoms. The fourth-order valence-corrected chi connectivity index (χ4v) is 3.65. The van der Waals surface area contributed by atoms with Gasteiger partial charge in [-0.25, -0.2) is 0 Å². The van der Waals surface area contributed by atoms with E-state index in [1.165, 1.54) is 11.3 Å². The molecular formula is C15H20BrNO2. The second-order valence-electron chi connectivity index (χ2n) is 5.54. The van der Waals surface area contributed by atoms with Crippen LogP contribution in [-0.2, 0) is 9.47 Å². The van der Waals surface area contributed by atoms with E-state index in [0.717, 1.165) is 43.4 Å². The smallest absolute Gasteiger partial charge is 0.168 e. The highest BCUT2D eigenvalue weighted by Gasteiger charge is 2.40. The van der Waals surface area contributed by atoms with Gasteiger partial charge in [-0.15, -0.1) is 0 Å². The highest BCUT2D eigenvalue weighted by molar-refractivity contribution is 9.10. The number of halogens is 1. The minimum Gasteiger partial charge on any atom is -0.382 e. The number of anilines is 1. The molecule has 4 heteroatoms. The van der Waals surface area contributed by atoms with Crippen LogP contribution in [0.3, 0.4) is 0 Å². The SMILES string of the molecule is Cc1cc(Br)cc(NC2CCC3(CC2)OCCO3)c1. The minimum atomic E-state index is -0.259. The molecule has 3 rings (SSSR count). The second kappa shape index (κ2) is 5.43. The van der Waals surface area contributed by atoms with E-state index in [-0.39, 0.29) is 5.79 Å². The lowest BCUT2D eigenvalue weighted by Crippen LogP contribution is -2.39. The van der Waals surface area contributed by atoms with Crippen molar-refractivity contribution in [3.63, 3.8) is 0 Å². The van der Waals surface area contributed by atoms with Gasteiger partial charge >= 0.3 is 0 Å². The van der Waals surface area contributed by atoms with Crippen LogP contribution >= 0.6 is 15.9 Å². The average molecular weight is 326 g/mol. The van der Waals surface area contributed by atoms with Crippen LogP contribution < -0.4 is 5.32 Å². The summed E-state index contributed by atoms with van der Waals surface area (Å²) in [6, 6.07) is 6.98. The van der Waals surface area contributed by atoms with Crippen LogP contribution in [0.15, 0.2) is 22.7 Å². The Balaban J connectivity index is 1.59. The number of nitrogens with one attached hydrogen (secondary N) is 1. The molecule has 104 valence electrons. The summed E-state index contributed by atoms with van der Waals surface area (Å²) in [5.74, 6) is -0.259. The average Bonchev–Trinajstić information content (AvgIpc) is 2.80. The second-order valence-corrected chi connectivity index (χ2v) is 6.46. The topological polar surface area (TPSA) is 30.5 Å². The molecule has 0 radical (unpaired) electrons. The Morgan fingerprint density at radius 1 is 1.16 bits per heavy atom. The van der Waals surface area contributed by atoms with E-state index < -0.39 is 0 Å². The van der Waals surface area contributed by atoms with Crippen LogP contribution in [0.5, 0.6) is 0 Å². The summed E-state index contributed by atoms with van der Waals surface area (Å²) in [6.07, 6.45) is 4.20. The van der Waals surface area contributed by atoms with Crippen LogP contribution in [0.25, 0.3) is 0 Å². The van der Waals surface area contributed by atoms with E-state index in [2.05, 4.69) is 46.4 Å². The number of ether oxygens (including phenoxy) is 2. The molecule has 1 aliphatic heterocycles. The summed E-state index contributed by atoms with van der Waals surface area (Å²) in [7, 11) is 0. The first kappa shape index (κ1) is 13.4. The van der Waals surface area contributed by atoms with Crippen LogP contribution in [0.4, 0.5) is 5.69 Å². The Kier molecular flexibility index (Phi) is 3.83. The molecule has 1 spiro atoms. The zero-order chi connectivity index (χ0) is 13.3. The zero-order valence-electron chi connectivity index (χ0n) is 11.2. The predicted molar refractivity (Wildman–Crippen MR) is 79.4 cm³/mol. The third-order valence-corrected chi connectivity index (χ3v) is 4.43. The quantitative estimate of drug-likeness (QED) is 0.895. The fourth-order valence-electron chi connectivity index (χ4n) is 3.04. The van der Waals surface area contributed by atoms with Crippen molar-refractivity contribution in [2.45, 2.75) is 44.4 Å². The molecule has 2 aliphatic rings. The first-order chi connectivity index (χ1) is 9.15. The van der Waals surface area contributed by atoms with E-state index in [1.807, 2.05) is 0 Å². The fraction of sp³-hybridized carbons (Fsp3) is 0.600. The van der Waals surface area contributed by atoms with Crippen molar-refractivity contribution in [1.29, 1.82) is 0 Å². The summed E-state index contributed by atoms with van der Waals surface area (Å²) in [6.45, 7) is 3.62. The molecule has 1 aliphatic carbocycles. The molecule has 1 N–H and O–H groups in total. The number of hydrogen-bond donors (Lipinski definition) is 1. The van der Waals surface area contributed by atoms with Gasteiger partial charge in [0.25, 0.3) is 0 Å². The van der Waals surface area contributed by atoms with Gasteiger partial charge in [0.1, 0.15) is 0 Å². The Bertz CT molecular complexity index is 427. The van der Waals surface area contributed by atoms with Crippen LogP contribution in [-0.4, -0.2) is 25.0 Å². The molecule has 1 saturated heterocycles. The number of rotatable bonds is 2. The third-order valence-electron chi connectivity index (χ3n) is 3.97. The lowest BCUT2D eigenvalue weighted by atomic mass is 9.90. The van der Waals surface area contributed by atoms with Gasteiger partial charge in [-0.1, -0.05) is 15.9 Å². The molecule has 0 unspecified atom stereocenters. The number of hydrogen-bond acceptors (Lipinski definition) is 3. The van der Waals surface area contributed by atoms with Gasteiger partial charge in [0.2, 0.25) is 0 Å². The lowest BCUT2D eigenvalue weighted by Gasteiger charge is -2.36. The molecule has 2 fully saturated rings. The molecule has 0 aromatic heterocycles. The Morgan fingerprint density at radius 3 is 2.47 bits per heavy atom. The largest absolute Gasteiger partial charge is 0.382 e. The Hall–Kier alpha value is -0.580. The van der Waals surface area contributed by atoms with Gasteiger partial charge < -0.3 is 14.8 Å². The molecule has 0 atom stereocenters. The maximum absolute atomic E-state index is 5.76. The Labute approximate surface area is 122 Å². The molecule has 3 nitrogen and oxygen atoms in total. The summed E-state index contributed by atoms with van der Waals surface area (Å²) in [5, 5.41) is 3.63. The summed E-state index contributed by atoms with van der Waals surface area (Å²) < 4.78 is 12.7. The minimum absolute atomic E-state index is 0.259. The summed E-state index contributed by atoms with van der Waals surface area (Å²) in [5.41, 5.74) is 2.47. The number of benzene rings is 1. The van der Waals surface area contributed by atoms with Gasteiger partial charge in [0.05, 0.1) is 13.2 Å². The van der Waals surface area contributed by atoms with Crippen LogP contribution in [0.1, 0.15) is 31.2 Å². The van der Waals surface area contributed by atoms with Crippen molar-refractivity contribution in [2.75, 3.05) is 18.5 Å². The van der Waals surface area contributed by atoms with Crippen molar-refractivity contribution in [3.8, 4) is 0 Å². The van der Waals surface area contributed by atoms with Gasteiger partial charge in [-0.05, 0) is 43.5 Å². The maximum atomic E-state index is 5.76. The van der Waals surface area contributed by atoms with E-state index >= 15 is 0 Å². The van der Waals surface area contributed by atoms with Crippen molar-refractivity contribution in [2.24, 2.45) is 0 Å². The van der Waals surface area contributed by atoms with E-state index in [1.54, 1.807) is 0 Å². The molecule has 1 heterocycles. The van der Waals surface area contributed by atoms with Crippen LogP contribution in [0.2, 0.25) is 0 Å². The number of aryl methyl sites for hydroxylation is 1. The zero-order valence-corrected chi connectivity index (χ0v) is 12.8. The normalized spacial score (nSPS) is 22.8. The van der Waals surface area contributed by atoms with Crippen molar-refractivity contribution >= 4 is 21.6 Å². The maximum Gasteiger partial charge on any atom is 0.168 e. The van der Waals surface area contributed by atoms with Crippen molar-refractivity contribution in [1.82, 2.24) is 0 Å². The van der Waals surface area contributed by atoms with Gasteiger partial charge in [0.15, 0.2) is 5.79 Å². The summed E-state index contributed by atoms with van der Waals surface area (Å²) >= 11 is 3.55. The monoisotopic (exact) mass is 325 g/mol. The molecule has 1 aromatic carbocycles. The van der Waals surface area contributed by atoms with Gasteiger partial charge in [-0.2, -0.15) is 0 Å². The lowest BCUT2D eigenvalue weighted by molar-refractivity contribution is -0.177.